The van der Waals surface area contributed by atoms with Crippen LogP contribution in [0.2, 0.25) is 0 Å². The Morgan fingerprint density at radius 3 is 3.12 bits per heavy atom. The van der Waals surface area contributed by atoms with Crippen molar-refractivity contribution < 1.29 is 0 Å². The second-order valence-corrected chi connectivity index (χ2v) is 4.75. The van der Waals surface area contributed by atoms with Crippen molar-refractivity contribution in [1.82, 2.24) is 15.3 Å². The number of anilines is 1. The summed E-state index contributed by atoms with van der Waals surface area (Å²) >= 11 is 0. The molecule has 0 unspecified atom stereocenters. The highest BCUT2D eigenvalue weighted by molar-refractivity contribution is 5.47. The Morgan fingerprint density at radius 2 is 2.31 bits per heavy atom. The molecule has 3 rings (SSSR count). The van der Waals surface area contributed by atoms with Crippen LogP contribution in [0.15, 0.2) is 6.33 Å². The maximum Gasteiger partial charge on any atom is 0.132 e. The molecule has 0 saturated heterocycles. The van der Waals surface area contributed by atoms with Gasteiger partial charge in [0.25, 0.3) is 0 Å². The molecule has 0 spiro atoms. The highest BCUT2D eigenvalue weighted by Crippen LogP contribution is 2.27. The topological polar surface area (TPSA) is 49.8 Å². The smallest absolute Gasteiger partial charge is 0.132 e. The Balaban J connectivity index is 1.72. The molecule has 16 heavy (non-hydrogen) atoms. The van der Waals surface area contributed by atoms with Crippen LogP contribution in [-0.4, -0.2) is 23.1 Å². The fourth-order valence-corrected chi connectivity index (χ4v) is 2.37. The summed E-state index contributed by atoms with van der Waals surface area (Å²) in [6, 6.07) is 0. The van der Waals surface area contributed by atoms with E-state index in [2.05, 4.69) is 20.6 Å². The normalized spacial score (nSPS) is 20.0. The van der Waals surface area contributed by atoms with E-state index in [1.807, 2.05) is 0 Å². The van der Waals surface area contributed by atoms with Crippen LogP contribution in [0, 0.1) is 5.92 Å². The van der Waals surface area contributed by atoms with Crippen molar-refractivity contribution >= 4 is 5.82 Å². The van der Waals surface area contributed by atoms with Crippen LogP contribution in [0.5, 0.6) is 0 Å². The molecule has 4 heteroatoms. The number of nitrogens with zero attached hydrogens (tertiary/aromatic N) is 2. The predicted octanol–water partition coefficient (Wildman–Crippen LogP) is 1.33. The molecule has 1 aromatic heterocycles. The van der Waals surface area contributed by atoms with E-state index in [9.17, 15) is 0 Å². The van der Waals surface area contributed by atoms with Crippen LogP contribution < -0.4 is 10.6 Å². The van der Waals surface area contributed by atoms with Crippen molar-refractivity contribution in [2.24, 2.45) is 5.92 Å². The molecule has 2 heterocycles. The zero-order chi connectivity index (χ0) is 10.8. The van der Waals surface area contributed by atoms with Crippen LogP contribution in [0.1, 0.15) is 30.5 Å². The molecule has 1 aliphatic carbocycles. The largest absolute Gasteiger partial charge is 0.369 e. The van der Waals surface area contributed by atoms with Gasteiger partial charge in [0.15, 0.2) is 0 Å². The molecule has 2 N–H and O–H groups in total. The van der Waals surface area contributed by atoms with Gasteiger partial charge >= 0.3 is 0 Å². The summed E-state index contributed by atoms with van der Waals surface area (Å²) in [5.74, 6) is 1.94. The first-order chi connectivity index (χ1) is 7.93. The first-order valence-corrected chi connectivity index (χ1v) is 6.21. The first-order valence-electron chi connectivity index (χ1n) is 6.21. The van der Waals surface area contributed by atoms with Gasteiger partial charge in [-0.2, -0.15) is 0 Å². The van der Waals surface area contributed by atoms with E-state index in [1.54, 1.807) is 6.33 Å². The van der Waals surface area contributed by atoms with Gasteiger partial charge in [-0.3, -0.25) is 0 Å². The molecule has 86 valence electrons. The second kappa shape index (κ2) is 4.37. The lowest BCUT2D eigenvalue weighted by Gasteiger charge is -2.26. The van der Waals surface area contributed by atoms with Gasteiger partial charge in [-0.15, -0.1) is 0 Å². The summed E-state index contributed by atoms with van der Waals surface area (Å²) in [6.07, 6.45) is 6.87. The maximum atomic E-state index is 4.37. The molecule has 1 aliphatic heterocycles. The summed E-state index contributed by atoms with van der Waals surface area (Å²) in [5.41, 5.74) is 2.48. The summed E-state index contributed by atoms with van der Waals surface area (Å²) in [5, 5.41) is 6.83. The lowest BCUT2D eigenvalue weighted by molar-refractivity contribution is 0.333. The maximum absolute atomic E-state index is 4.37. The third-order valence-corrected chi connectivity index (χ3v) is 3.66. The van der Waals surface area contributed by atoms with E-state index >= 15 is 0 Å². The SMILES string of the molecule is c1nc2c(c(NCC3CCC3)n1)CCNC2. The third-order valence-electron chi connectivity index (χ3n) is 3.66. The number of aromatic nitrogens is 2. The van der Waals surface area contributed by atoms with Crippen LogP contribution in [-0.2, 0) is 13.0 Å². The lowest BCUT2D eigenvalue weighted by Crippen LogP contribution is -2.27. The van der Waals surface area contributed by atoms with Gasteiger partial charge in [0.2, 0.25) is 0 Å². The molecular formula is C12H18N4. The minimum absolute atomic E-state index is 0.868. The summed E-state index contributed by atoms with van der Waals surface area (Å²) in [4.78, 5) is 8.70. The molecule has 4 nitrogen and oxygen atoms in total. The predicted molar refractivity (Wildman–Crippen MR) is 63.3 cm³/mol. The molecule has 1 saturated carbocycles. The van der Waals surface area contributed by atoms with E-state index in [0.29, 0.717) is 0 Å². The number of fused-ring (bicyclic) bond motifs is 1. The molecule has 1 fully saturated rings. The van der Waals surface area contributed by atoms with Crippen molar-refractivity contribution in [2.45, 2.75) is 32.2 Å². The minimum Gasteiger partial charge on any atom is -0.369 e. The van der Waals surface area contributed by atoms with E-state index in [0.717, 1.165) is 43.5 Å². The molecule has 0 atom stereocenters. The van der Waals surface area contributed by atoms with Crippen LogP contribution in [0.25, 0.3) is 0 Å². The average molecular weight is 218 g/mol. The number of rotatable bonds is 3. The Morgan fingerprint density at radius 1 is 1.38 bits per heavy atom. The van der Waals surface area contributed by atoms with Gasteiger partial charge in [0.1, 0.15) is 12.1 Å². The molecule has 0 aromatic carbocycles. The standard InChI is InChI=1S/C12H18N4/c1-2-9(3-1)6-14-12-10-4-5-13-7-11(10)15-8-16-12/h8-9,13H,1-7H2,(H,14,15,16). The van der Waals surface area contributed by atoms with Gasteiger partial charge < -0.3 is 10.6 Å². The van der Waals surface area contributed by atoms with Crippen LogP contribution >= 0.6 is 0 Å². The van der Waals surface area contributed by atoms with Crippen molar-refractivity contribution in [3.05, 3.63) is 17.6 Å². The second-order valence-electron chi connectivity index (χ2n) is 4.75. The first kappa shape index (κ1) is 10.0. The van der Waals surface area contributed by atoms with Crippen molar-refractivity contribution in [1.29, 1.82) is 0 Å². The van der Waals surface area contributed by atoms with Gasteiger partial charge in [-0.05, 0) is 31.7 Å². The Bertz CT molecular complexity index is 373. The zero-order valence-corrected chi connectivity index (χ0v) is 9.50. The Kier molecular flexibility index (Phi) is 2.74. The van der Waals surface area contributed by atoms with Gasteiger partial charge in [-0.1, -0.05) is 6.42 Å². The summed E-state index contributed by atoms with van der Waals surface area (Å²) in [6.45, 7) is 3.01. The number of hydrogen-bond acceptors (Lipinski definition) is 4. The highest BCUT2D eigenvalue weighted by Gasteiger charge is 2.19. The molecule has 2 aliphatic rings. The van der Waals surface area contributed by atoms with E-state index in [1.165, 1.54) is 24.8 Å². The van der Waals surface area contributed by atoms with Crippen molar-refractivity contribution in [3.8, 4) is 0 Å². The molecule has 0 radical (unpaired) electrons. The molecular weight excluding hydrogens is 200 g/mol. The van der Waals surface area contributed by atoms with E-state index in [4.69, 9.17) is 0 Å². The Labute approximate surface area is 95.9 Å². The number of nitrogens with one attached hydrogen (secondary N) is 2. The monoisotopic (exact) mass is 218 g/mol. The third kappa shape index (κ3) is 1.89. The van der Waals surface area contributed by atoms with Crippen LogP contribution in [0.3, 0.4) is 0 Å². The van der Waals surface area contributed by atoms with Gasteiger partial charge in [0, 0.05) is 18.7 Å². The van der Waals surface area contributed by atoms with Gasteiger partial charge in [-0.25, -0.2) is 9.97 Å². The summed E-state index contributed by atoms with van der Waals surface area (Å²) < 4.78 is 0. The van der Waals surface area contributed by atoms with Crippen molar-refractivity contribution in [2.75, 3.05) is 18.4 Å². The number of hydrogen-bond donors (Lipinski definition) is 2. The zero-order valence-electron chi connectivity index (χ0n) is 9.50. The summed E-state index contributed by atoms with van der Waals surface area (Å²) in [7, 11) is 0. The lowest BCUT2D eigenvalue weighted by atomic mass is 9.85. The molecule has 0 bridgehead atoms. The molecule has 1 aromatic rings. The fourth-order valence-electron chi connectivity index (χ4n) is 2.37. The fraction of sp³-hybridized carbons (Fsp3) is 0.667. The van der Waals surface area contributed by atoms with Crippen LogP contribution in [0.4, 0.5) is 5.82 Å². The quantitative estimate of drug-likeness (QED) is 0.803. The van der Waals surface area contributed by atoms with E-state index in [-0.39, 0.29) is 0 Å². The highest BCUT2D eigenvalue weighted by atomic mass is 15.0. The van der Waals surface area contributed by atoms with E-state index < -0.39 is 0 Å². The van der Waals surface area contributed by atoms with Gasteiger partial charge in [0.05, 0.1) is 5.69 Å². The molecule has 0 amide bonds. The Hall–Kier alpha value is -1.16. The average Bonchev–Trinajstić information content (AvgIpc) is 2.27. The minimum atomic E-state index is 0.868. The van der Waals surface area contributed by atoms with Crippen molar-refractivity contribution in [3.63, 3.8) is 0 Å².